The summed E-state index contributed by atoms with van der Waals surface area (Å²) in [5.41, 5.74) is -0.146. The molecule has 0 aliphatic carbocycles. The SMILES string of the molecule is C/C(=C\c1csc(C)n1)[C@@H]1C[C@@H]2O[C@]2(C)CCC[C@H](C)[C@H](O)[C@@H](C)C(=O)C(C)(C)[C@@H](O[C@H]2O[C@H](CO)[C@@H](O)[C@H]2O)CC(=O)O1. The quantitative estimate of drug-likeness (QED) is 0.276. The average Bonchev–Trinajstić information content (AvgIpc) is 3.26. The van der Waals surface area contributed by atoms with Crippen LogP contribution >= 0.6 is 11.3 Å². The largest absolute Gasteiger partial charge is 0.458 e. The van der Waals surface area contributed by atoms with Crippen LogP contribution in [0.3, 0.4) is 0 Å². The normalized spacial score (nSPS) is 40.8. The minimum Gasteiger partial charge on any atom is -0.458 e. The zero-order valence-electron chi connectivity index (χ0n) is 26.8. The maximum atomic E-state index is 13.9. The number of aliphatic hydroxyl groups excluding tert-OH is 4. The summed E-state index contributed by atoms with van der Waals surface area (Å²) in [4.78, 5) is 32.1. The van der Waals surface area contributed by atoms with Crippen molar-refractivity contribution in [1.82, 2.24) is 4.98 Å². The molecule has 4 rings (SSSR count). The summed E-state index contributed by atoms with van der Waals surface area (Å²) < 4.78 is 23.8. The minimum atomic E-state index is -1.51. The summed E-state index contributed by atoms with van der Waals surface area (Å²) in [7, 11) is 0. The number of carbonyl (C=O) groups is 2. The molecule has 0 unspecified atom stereocenters. The van der Waals surface area contributed by atoms with Gasteiger partial charge in [0.1, 0.15) is 30.2 Å². The molecular weight excluding hydrogens is 590 g/mol. The Bertz CT molecular complexity index is 1200. The number of fused-ring (bicyclic) bond motifs is 1. The summed E-state index contributed by atoms with van der Waals surface area (Å²) >= 11 is 1.53. The third-order valence-electron chi connectivity index (χ3n) is 9.69. The molecule has 0 radical (unpaired) electrons. The van der Waals surface area contributed by atoms with Gasteiger partial charge >= 0.3 is 5.97 Å². The highest BCUT2D eigenvalue weighted by molar-refractivity contribution is 7.09. The van der Waals surface area contributed by atoms with Crippen LogP contribution in [-0.2, 0) is 28.5 Å². The number of aromatic nitrogens is 1. The lowest BCUT2D eigenvalue weighted by Crippen LogP contribution is -2.49. The highest BCUT2D eigenvalue weighted by Gasteiger charge is 2.53. The van der Waals surface area contributed by atoms with E-state index in [2.05, 4.69) is 4.98 Å². The van der Waals surface area contributed by atoms with E-state index in [1.165, 1.54) is 11.3 Å². The van der Waals surface area contributed by atoms with Gasteiger partial charge in [-0.15, -0.1) is 11.3 Å². The molecule has 3 aliphatic rings. The summed E-state index contributed by atoms with van der Waals surface area (Å²) in [6.07, 6.45) is -4.02. The van der Waals surface area contributed by atoms with Gasteiger partial charge in [-0.05, 0) is 51.2 Å². The summed E-state index contributed by atoms with van der Waals surface area (Å²) in [5.74, 6) is -1.90. The fourth-order valence-electron chi connectivity index (χ4n) is 6.41. The monoisotopic (exact) mass is 639 g/mol. The number of epoxide rings is 1. The molecule has 0 bridgehead atoms. The molecule has 3 saturated heterocycles. The molecule has 3 fully saturated rings. The van der Waals surface area contributed by atoms with Crippen LogP contribution in [0, 0.1) is 24.2 Å². The van der Waals surface area contributed by atoms with E-state index < -0.39 is 66.8 Å². The number of Topliss-reactive ketones (excluding diaryl/α,β-unsaturated/α-hetero) is 1. The van der Waals surface area contributed by atoms with Crippen molar-refractivity contribution >= 4 is 29.2 Å². The second-order valence-electron chi connectivity index (χ2n) is 13.6. The average molecular weight is 640 g/mol. The number of hydrogen-bond acceptors (Lipinski definition) is 12. The number of ketones is 1. The zero-order valence-corrected chi connectivity index (χ0v) is 27.6. The number of esters is 1. The molecule has 3 aliphatic heterocycles. The molecule has 11 atom stereocenters. The number of rotatable bonds is 5. The predicted octanol–water partition coefficient (Wildman–Crippen LogP) is 2.94. The van der Waals surface area contributed by atoms with E-state index in [-0.39, 0.29) is 29.8 Å². The van der Waals surface area contributed by atoms with Gasteiger partial charge in [0.25, 0.3) is 0 Å². The van der Waals surface area contributed by atoms with Crippen molar-refractivity contribution in [2.24, 2.45) is 17.3 Å². The molecule has 11 nitrogen and oxygen atoms in total. The number of ether oxygens (including phenoxy) is 4. The van der Waals surface area contributed by atoms with E-state index in [0.29, 0.717) is 12.8 Å². The van der Waals surface area contributed by atoms with E-state index in [1.54, 1.807) is 20.8 Å². The van der Waals surface area contributed by atoms with Crippen LogP contribution in [0.1, 0.15) is 84.3 Å². The maximum absolute atomic E-state index is 13.9. The van der Waals surface area contributed by atoms with Gasteiger partial charge in [-0.3, -0.25) is 9.59 Å². The van der Waals surface area contributed by atoms with Crippen molar-refractivity contribution in [3.05, 3.63) is 21.7 Å². The fraction of sp³-hybridized carbons (Fsp3) is 0.781. The Kier molecular flexibility index (Phi) is 11.1. The number of aryl methyl sites for hydroxylation is 1. The smallest absolute Gasteiger partial charge is 0.309 e. The van der Waals surface area contributed by atoms with Crippen molar-refractivity contribution in [2.75, 3.05) is 6.61 Å². The predicted molar refractivity (Wildman–Crippen MR) is 163 cm³/mol. The Morgan fingerprint density at radius 2 is 1.86 bits per heavy atom. The summed E-state index contributed by atoms with van der Waals surface area (Å²) in [6, 6.07) is 0. The number of cyclic esters (lactones) is 1. The second-order valence-corrected chi connectivity index (χ2v) is 14.6. The van der Waals surface area contributed by atoms with Crippen LogP contribution in [0.4, 0.5) is 0 Å². The molecule has 0 saturated carbocycles. The van der Waals surface area contributed by atoms with Crippen molar-refractivity contribution in [3.63, 3.8) is 0 Å². The number of nitrogens with zero attached hydrogens (tertiary/aromatic N) is 1. The van der Waals surface area contributed by atoms with Crippen molar-refractivity contribution in [1.29, 1.82) is 0 Å². The lowest BCUT2D eigenvalue weighted by Gasteiger charge is -2.38. The van der Waals surface area contributed by atoms with Crippen LogP contribution in [0.25, 0.3) is 6.08 Å². The maximum Gasteiger partial charge on any atom is 0.309 e. The first-order valence-electron chi connectivity index (χ1n) is 15.5. The number of thiazole rings is 1. The topological polar surface area (TPSA) is 168 Å². The van der Waals surface area contributed by atoms with Crippen LogP contribution in [-0.4, -0.2) is 98.4 Å². The van der Waals surface area contributed by atoms with E-state index in [1.807, 2.05) is 39.2 Å². The standard InChI is InChI=1S/C32H49NO10S/c1-16-9-8-10-32(7)24(43-32)12-21(17(2)11-20-15-44-19(4)33-20)40-25(35)13-23(31(5,6)29(39)18(3)26(16)36)42-30-28(38)27(37)22(14-34)41-30/h11,15-16,18,21-24,26-28,30,34,36-38H,8-10,12-14H2,1-7H3/b17-11+/t16-,18+,21-,22+,23-,24-,26-,27+,28+,30+,32+/m0/s1. The van der Waals surface area contributed by atoms with E-state index in [4.69, 9.17) is 18.9 Å². The van der Waals surface area contributed by atoms with E-state index >= 15 is 0 Å². The van der Waals surface area contributed by atoms with Gasteiger partial charge in [0.15, 0.2) is 6.29 Å². The molecule has 1 aromatic rings. The highest BCUT2D eigenvalue weighted by atomic mass is 32.1. The number of hydrogen-bond donors (Lipinski definition) is 4. The molecule has 0 aromatic carbocycles. The van der Waals surface area contributed by atoms with E-state index in [0.717, 1.165) is 29.1 Å². The molecule has 4 N–H and O–H groups in total. The molecule has 44 heavy (non-hydrogen) atoms. The molecule has 1 aromatic heterocycles. The lowest BCUT2D eigenvalue weighted by atomic mass is 9.72. The molecule has 0 spiro atoms. The van der Waals surface area contributed by atoms with Crippen LogP contribution in [0.5, 0.6) is 0 Å². The van der Waals surface area contributed by atoms with Crippen LogP contribution in [0.2, 0.25) is 0 Å². The first kappa shape index (κ1) is 35.1. The Hall–Kier alpha value is -1.77. The molecule has 12 heteroatoms. The fourth-order valence-corrected chi connectivity index (χ4v) is 6.98. The van der Waals surface area contributed by atoms with Gasteiger partial charge in [-0.1, -0.05) is 34.1 Å². The molecule has 248 valence electrons. The third kappa shape index (κ3) is 7.78. The van der Waals surface area contributed by atoms with Gasteiger partial charge in [-0.2, -0.15) is 0 Å². The Morgan fingerprint density at radius 1 is 1.16 bits per heavy atom. The van der Waals surface area contributed by atoms with Crippen LogP contribution in [0.15, 0.2) is 11.0 Å². The lowest BCUT2D eigenvalue weighted by molar-refractivity contribution is -0.218. The molecular formula is C32H49NO10S. The van der Waals surface area contributed by atoms with Crippen molar-refractivity contribution in [2.45, 2.75) is 135 Å². The van der Waals surface area contributed by atoms with Gasteiger partial charge in [0.2, 0.25) is 0 Å². The molecule has 4 heterocycles. The number of carbonyl (C=O) groups excluding carboxylic acids is 2. The zero-order chi connectivity index (χ0) is 32.6. The van der Waals surface area contributed by atoms with Crippen molar-refractivity contribution < 1.29 is 49.0 Å². The Labute approximate surface area is 263 Å². The van der Waals surface area contributed by atoms with Crippen LogP contribution < -0.4 is 0 Å². The van der Waals surface area contributed by atoms with E-state index in [9.17, 15) is 30.0 Å². The van der Waals surface area contributed by atoms with Gasteiger partial charge in [0.05, 0.1) is 53.1 Å². The minimum absolute atomic E-state index is 0.128. The Morgan fingerprint density at radius 3 is 2.48 bits per heavy atom. The first-order chi connectivity index (χ1) is 20.6. The van der Waals surface area contributed by atoms with Gasteiger partial charge in [-0.25, -0.2) is 4.98 Å². The number of aliphatic hydroxyl groups is 4. The van der Waals surface area contributed by atoms with Gasteiger partial charge in [0, 0.05) is 17.7 Å². The van der Waals surface area contributed by atoms with Crippen molar-refractivity contribution in [3.8, 4) is 0 Å². The third-order valence-corrected chi connectivity index (χ3v) is 10.5. The van der Waals surface area contributed by atoms with Gasteiger partial charge < -0.3 is 39.4 Å². The summed E-state index contributed by atoms with van der Waals surface area (Å²) in [6.45, 7) is 12.1. The summed E-state index contributed by atoms with van der Waals surface area (Å²) in [5, 5.41) is 44.5. The second kappa shape index (κ2) is 13.9. The molecule has 0 amide bonds. The Balaban J connectivity index is 1.65. The first-order valence-corrected chi connectivity index (χ1v) is 16.4. The highest BCUT2D eigenvalue weighted by Crippen LogP contribution is 2.45.